The van der Waals surface area contributed by atoms with Crippen molar-refractivity contribution in [3.63, 3.8) is 0 Å². The normalized spacial score (nSPS) is 22.8. The fourth-order valence-corrected chi connectivity index (χ4v) is 3.47. The molecule has 0 unspecified atom stereocenters. The number of carbonyl (C=O) groups is 2. The number of carbonyl (C=O) groups excluding carboxylic acids is 2. The van der Waals surface area contributed by atoms with Gasteiger partial charge in [0.25, 0.3) is 0 Å². The fourth-order valence-electron chi connectivity index (χ4n) is 3.47. The van der Waals surface area contributed by atoms with E-state index in [1.54, 1.807) is 4.90 Å². The molecule has 22 heavy (non-hydrogen) atoms. The Morgan fingerprint density at radius 1 is 1.14 bits per heavy atom. The third kappa shape index (κ3) is 3.16. The van der Waals surface area contributed by atoms with E-state index in [4.69, 9.17) is 0 Å². The minimum atomic E-state index is -0.175. The summed E-state index contributed by atoms with van der Waals surface area (Å²) in [7, 11) is 0. The van der Waals surface area contributed by atoms with Gasteiger partial charge in [0.1, 0.15) is 0 Å². The van der Waals surface area contributed by atoms with Crippen LogP contribution in [0.3, 0.4) is 0 Å². The monoisotopic (exact) mass is 300 g/mol. The lowest BCUT2D eigenvalue weighted by Crippen LogP contribution is -2.38. The van der Waals surface area contributed by atoms with E-state index >= 15 is 0 Å². The number of amides is 2. The van der Waals surface area contributed by atoms with Gasteiger partial charge in [-0.1, -0.05) is 25.0 Å². The van der Waals surface area contributed by atoms with E-state index in [2.05, 4.69) is 0 Å². The van der Waals surface area contributed by atoms with Gasteiger partial charge in [-0.2, -0.15) is 0 Å². The van der Waals surface area contributed by atoms with E-state index in [1.165, 1.54) is 12.8 Å². The van der Waals surface area contributed by atoms with Crippen LogP contribution in [-0.2, 0) is 9.59 Å². The number of hydrogen-bond acceptors (Lipinski definition) is 2. The van der Waals surface area contributed by atoms with Crippen LogP contribution in [0.5, 0.6) is 0 Å². The zero-order chi connectivity index (χ0) is 15.5. The van der Waals surface area contributed by atoms with Gasteiger partial charge in [0, 0.05) is 31.7 Å². The van der Waals surface area contributed by atoms with Gasteiger partial charge in [-0.15, -0.1) is 0 Å². The number of aryl methyl sites for hydroxylation is 1. The maximum Gasteiger partial charge on any atom is 0.228 e. The van der Waals surface area contributed by atoms with Crippen LogP contribution in [0, 0.1) is 12.8 Å². The highest BCUT2D eigenvalue weighted by Gasteiger charge is 2.37. The van der Waals surface area contributed by atoms with Gasteiger partial charge in [0.2, 0.25) is 11.8 Å². The molecule has 3 rings (SSSR count). The first-order valence-corrected chi connectivity index (χ1v) is 8.31. The molecule has 4 nitrogen and oxygen atoms in total. The minimum Gasteiger partial charge on any atom is -0.342 e. The van der Waals surface area contributed by atoms with Crippen molar-refractivity contribution in [3.8, 4) is 0 Å². The van der Waals surface area contributed by atoms with E-state index in [1.807, 2.05) is 36.1 Å². The van der Waals surface area contributed by atoms with Crippen molar-refractivity contribution in [3.05, 3.63) is 29.8 Å². The van der Waals surface area contributed by atoms with Crippen LogP contribution in [0.4, 0.5) is 5.69 Å². The Bertz CT molecular complexity index is 562. The predicted molar refractivity (Wildman–Crippen MR) is 86.7 cm³/mol. The van der Waals surface area contributed by atoms with E-state index in [0.717, 1.165) is 37.2 Å². The Balaban J connectivity index is 1.69. The van der Waals surface area contributed by atoms with Crippen molar-refractivity contribution in [2.45, 2.75) is 39.0 Å². The molecule has 0 aliphatic carbocycles. The van der Waals surface area contributed by atoms with Gasteiger partial charge in [-0.3, -0.25) is 9.59 Å². The number of nitrogens with zero attached hydrogens (tertiary/aromatic N) is 2. The second-order valence-corrected chi connectivity index (χ2v) is 6.48. The van der Waals surface area contributed by atoms with Crippen LogP contribution >= 0.6 is 0 Å². The number of rotatable bonds is 2. The highest BCUT2D eigenvalue weighted by molar-refractivity contribution is 6.00. The molecule has 2 amide bonds. The van der Waals surface area contributed by atoms with Crippen molar-refractivity contribution in [2.24, 2.45) is 5.92 Å². The molecule has 0 aromatic heterocycles. The first-order chi connectivity index (χ1) is 10.6. The summed E-state index contributed by atoms with van der Waals surface area (Å²) in [6.45, 7) is 4.25. The molecule has 1 aromatic carbocycles. The zero-order valence-corrected chi connectivity index (χ0v) is 13.3. The van der Waals surface area contributed by atoms with Gasteiger partial charge < -0.3 is 9.80 Å². The molecular formula is C18H24N2O2. The van der Waals surface area contributed by atoms with E-state index in [-0.39, 0.29) is 17.7 Å². The Labute approximate surface area is 132 Å². The number of likely N-dealkylation sites (tertiary alicyclic amines) is 1. The summed E-state index contributed by atoms with van der Waals surface area (Å²) in [5.41, 5.74) is 2.05. The van der Waals surface area contributed by atoms with Gasteiger partial charge >= 0.3 is 0 Å². The number of hydrogen-bond donors (Lipinski definition) is 0. The van der Waals surface area contributed by atoms with Crippen molar-refractivity contribution in [1.82, 2.24) is 4.90 Å². The summed E-state index contributed by atoms with van der Waals surface area (Å²) in [5.74, 6) is 0.0651. The largest absolute Gasteiger partial charge is 0.342 e. The minimum absolute atomic E-state index is 0.0683. The third-order valence-corrected chi connectivity index (χ3v) is 4.71. The van der Waals surface area contributed by atoms with Gasteiger partial charge in [-0.25, -0.2) is 0 Å². The number of anilines is 1. The highest BCUT2D eigenvalue weighted by Crippen LogP contribution is 2.27. The van der Waals surface area contributed by atoms with E-state index in [0.29, 0.717) is 13.0 Å². The molecular weight excluding hydrogens is 276 g/mol. The average Bonchev–Trinajstić information content (AvgIpc) is 2.73. The van der Waals surface area contributed by atoms with Crippen LogP contribution in [0.25, 0.3) is 0 Å². The van der Waals surface area contributed by atoms with Crippen LogP contribution < -0.4 is 4.90 Å². The summed E-state index contributed by atoms with van der Waals surface area (Å²) in [6.07, 6.45) is 4.96. The first-order valence-electron chi connectivity index (χ1n) is 8.31. The molecule has 2 heterocycles. The van der Waals surface area contributed by atoms with Crippen LogP contribution in [0.2, 0.25) is 0 Å². The first kappa shape index (κ1) is 15.1. The predicted octanol–water partition coefficient (Wildman–Crippen LogP) is 2.75. The van der Waals surface area contributed by atoms with Gasteiger partial charge in [0.15, 0.2) is 0 Å². The Kier molecular flexibility index (Phi) is 4.46. The second-order valence-electron chi connectivity index (χ2n) is 6.48. The Hall–Kier alpha value is -1.84. The summed E-state index contributed by atoms with van der Waals surface area (Å²) in [6, 6.07) is 7.94. The summed E-state index contributed by atoms with van der Waals surface area (Å²) in [5, 5.41) is 0. The molecule has 0 N–H and O–H groups in total. The zero-order valence-electron chi connectivity index (χ0n) is 13.3. The van der Waals surface area contributed by atoms with Crippen LogP contribution in [-0.4, -0.2) is 36.3 Å². The highest BCUT2D eigenvalue weighted by atomic mass is 16.2. The van der Waals surface area contributed by atoms with Crippen molar-refractivity contribution in [2.75, 3.05) is 24.5 Å². The maximum absolute atomic E-state index is 12.7. The quantitative estimate of drug-likeness (QED) is 0.842. The molecule has 0 radical (unpaired) electrons. The van der Waals surface area contributed by atoms with Crippen LogP contribution in [0.15, 0.2) is 24.3 Å². The molecule has 2 fully saturated rings. The molecule has 118 valence electrons. The Morgan fingerprint density at radius 2 is 1.86 bits per heavy atom. The smallest absolute Gasteiger partial charge is 0.228 e. The molecule has 1 atom stereocenters. The van der Waals surface area contributed by atoms with Crippen molar-refractivity contribution < 1.29 is 9.59 Å². The fraction of sp³-hybridized carbons (Fsp3) is 0.556. The molecule has 2 aliphatic heterocycles. The van der Waals surface area contributed by atoms with E-state index < -0.39 is 0 Å². The maximum atomic E-state index is 12.7. The lowest BCUT2D eigenvalue weighted by atomic mass is 10.1. The SMILES string of the molecule is Cc1cccc(N2C[C@@H](C(=O)N3CCCCCC3)CC2=O)c1. The van der Waals surface area contributed by atoms with Crippen LogP contribution in [0.1, 0.15) is 37.7 Å². The molecule has 2 aliphatic rings. The van der Waals surface area contributed by atoms with Crippen molar-refractivity contribution >= 4 is 17.5 Å². The molecule has 4 heteroatoms. The lowest BCUT2D eigenvalue weighted by molar-refractivity contribution is -0.135. The second kappa shape index (κ2) is 6.51. The molecule has 2 saturated heterocycles. The van der Waals surface area contributed by atoms with Gasteiger partial charge in [-0.05, 0) is 37.5 Å². The average molecular weight is 300 g/mol. The third-order valence-electron chi connectivity index (χ3n) is 4.71. The summed E-state index contributed by atoms with van der Waals surface area (Å²) < 4.78 is 0. The standard InChI is InChI=1S/C18H24N2O2/c1-14-7-6-8-16(11-14)20-13-15(12-17(20)21)18(22)19-9-4-2-3-5-10-19/h6-8,11,15H,2-5,9-10,12-13H2,1H3/t15-/m0/s1. The Morgan fingerprint density at radius 3 is 2.55 bits per heavy atom. The summed E-state index contributed by atoms with van der Waals surface area (Å²) >= 11 is 0. The molecule has 0 spiro atoms. The molecule has 0 bridgehead atoms. The molecule has 0 saturated carbocycles. The van der Waals surface area contributed by atoms with Gasteiger partial charge in [0.05, 0.1) is 5.92 Å². The van der Waals surface area contributed by atoms with E-state index in [9.17, 15) is 9.59 Å². The summed E-state index contributed by atoms with van der Waals surface area (Å²) in [4.78, 5) is 28.7. The lowest BCUT2D eigenvalue weighted by Gasteiger charge is -2.24. The number of benzene rings is 1. The van der Waals surface area contributed by atoms with Crippen molar-refractivity contribution in [1.29, 1.82) is 0 Å². The topological polar surface area (TPSA) is 40.6 Å². The molecule has 1 aromatic rings.